The number of hydrogen-bond acceptors (Lipinski definition) is 7. The van der Waals surface area contributed by atoms with E-state index in [0.717, 1.165) is 38.5 Å². The molecule has 6 rings (SSSR count). The number of aryl methyl sites for hydroxylation is 1. The summed E-state index contributed by atoms with van der Waals surface area (Å²) in [6, 6.07) is 11.6. The normalized spacial score (nSPS) is 17.0. The van der Waals surface area contributed by atoms with Gasteiger partial charge in [-0.05, 0) is 42.8 Å². The highest BCUT2D eigenvalue weighted by molar-refractivity contribution is 7.20. The summed E-state index contributed by atoms with van der Waals surface area (Å²) < 4.78 is 19.0. The number of hydrogen-bond donors (Lipinski definition) is 1. The molecule has 156 valence electrons. The van der Waals surface area contributed by atoms with Gasteiger partial charge in [-0.25, -0.2) is 4.98 Å². The van der Waals surface area contributed by atoms with Gasteiger partial charge in [0.2, 0.25) is 17.8 Å². The molecule has 0 bridgehead atoms. The topological polar surface area (TPSA) is 87.5 Å². The van der Waals surface area contributed by atoms with Crippen LogP contribution in [0, 0.1) is 6.92 Å². The van der Waals surface area contributed by atoms with Crippen LogP contribution < -0.4 is 19.5 Å². The number of ether oxygens (including phenoxy) is 3. The summed E-state index contributed by atoms with van der Waals surface area (Å²) in [7, 11) is 1.64. The first kappa shape index (κ1) is 18.2. The maximum absolute atomic E-state index is 12.7. The molecule has 1 amide bonds. The van der Waals surface area contributed by atoms with Crippen LogP contribution in [0.3, 0.4) is 0 Å². The number of fused-ring (bicyclic) bond motifs is 3. The summed E-state index contributed by atoms with van der Waals surface area (Å²) in [6.45, 7) is 2.18. The minimum absolute atomic E-state index is 0.0564. The summed E-state index contributed by atoms with van der Waals surface area (Å²) in [5.41, 5.74) is 3.71. The minimum atomic E-state index is -0.124. The molecule has 0 aliphatic carbocycles. The van der Waals surface area contributed by atoms with Gasteiger partial charge in [0.15, 0.2) is 11.5 Å². The molecule has 1 unspecified atom stereocenters. The molecular weight excluding hydrogens is 416 g/mol. The van der Waals surface area contributed by atoms with E-state index in [2.05, 4.69) is 5.32 Å². The molecule has 0 radical (unpaired) electrons. The van der Waals surface area contributed by atoms with Crippen LogP contribution in [0.15, 0.2) is 36.4 Å². The van der Waals surface area contributed by atoms with Crippen LogP contribution in [0.1, 0.15) is 29.2 Å². The number of aromatic nitrogens is 3. The zero-order chi connectivity index (χ0) is 21.1. The zero-order valence-electron chi connectivity index (χ0n) is 16.8. The summed E-state index contributed by atoms with van der Waals surface area (Å²) in [5.74, 6) is 2.69. The molecule has 4 aromatic rings. The number of carbonyl (C=O) groups is 1. The number of nitrogens with zero attached hydrogens (tertiary/aromatic N) is 3. The molecule has 0 fully saturated rings. The van der Waals surface area contributed by atoms with Crippen molar-refractivity contribution in [2.45, 2.75) is 19.3 Å². The molecule has 0 saturated carbocycles. The van der Waals surface area contributed by atoms with Crippen LogP contribution in [-0.4, -0.2) is 34.6 Å². The lowest BCUT2D eigenvalue weighted by molar-refractivity contribution is -0.116. The Kier molecular flexibility index (Phi) is 3.94. The third kappa shape index (κ3) is 2.84. The molecule has 2 aliphatic heterocycles. The minimum Gasteiger partial charge on any atom is -0.497 e. The van der Waals surface area contributed by atoms with Crippen molar-refractivity contribution in [3.8, 4) is 22.4 Å². The molecule has 4 heterocycles. The van der Waals surface area contributed by atoms with Gasteiger partial charge in [0.25, 0.3) is 0 Å². The highest BCUT2D eigenvalue weighted by Gasteiger charge is 2.34. The Bertz CT molecular complexity index is 1360. The Hall–Kier alpha value is -3.59. The van der Waals surface area contributed by atoms with Crippen molar-refractivity contribution in [2.24, 2.45) is 0 Å². The molecule has 1 atom stereocenters. The molecular formula is C22H18N4O4S. The Labute approximate surface area is 181 Å². The van der Waals surface area contributed by atoms with Crippen LogP contribution in [0.5, 0.6) is 17.2 Å². The number of carbonyl (C=O) groups excluding carboxylic acids is 1. The van der Waals surface area contributed by atoms with Gasteiger partial charge < -0.3 is 19.5 Å². The summed E-state index contributed by atoms with van der Waals surface area (Å²) in [6.07, 6.45) is 0.343. The van der Waals surface area contributed by atoms with Crippen molar-refractivity contribution in [2.75, 3.05) is 19.2 Å². The predicted octanol–water partition coefficient (Wildman–Crippen LogP) is 4.00. The second-order valence-corrected chi connectivity index (χ2v) is 8.52. The number of nitrogens with one attached hydrogen (secondary N) is 1. The van der Waals surface area contributed by atoms with Gasteiger partial charge in [0, 0.05) is 17.9 Å². The fourth-order valence-electron chi connectivity index (χ4n) is 4.21. The lowest BCUT2D eigenvalue weighted by atomic mass is 9.85. The first-order valence-electron chi connectivity index (χ1n) is 9.84. The number of anilines is 1. The quantitative estimate of drug-likeness (QED) is 0.524. The van der Waals surface area contributed by atoms with Crippen molar-refractivity contribution in [3.63, 3.8) is 0 Å². The molecule has 2 aliphatic rings. The number of thiazole rings is 1. The fourth-order valence-corrected chi connectivity index (χ4v) is 5.16. The van der Waals surface area contributed by atoms with Crippen molar-refractivity contribution in [1.82, 2.24) is 14.8 Å². The van der Waals surface area contributed by atoms with Crippen molar-refractivity contribution >= 4 is 33.3 Å². The molecule has 9 heteroatoms. The Morgan fingerprint density at radius 3 is 2.94 bits per heavy atom. The first-order chi connectivity index (χ1) is 15.1. The van der Waals surface area contributed by atoms with Crippen molar-refractivity contribution in [1.29, 1.82) is 0 Å². The Morgan fingerprint density at radius 2 is 2.06 bits per heavy atom. The van der Waals surface area contributed by atoms with Gasteiger partial charge in [-0.1, -0.05) is 17.4 Å². The fraction of sp³-hybridized carbons (Fsp3) is 0.227. The van der Waals surface area contributed by atoms with E-state index in [0.29, 0.717) is 23.1 Å². The predicted molar refractivity (Wildman–Crippen MR) is 116 cm³/mol. The highest BCUT2D eigenvalue weighted by Crippen LogP contribution is 2.43. The van der Waals surface area contributed by atoms with Crippen LogP contribution >= 0.6 is 11.3 Å². The van der Waals surface area contributed by atoms with Crippen LogP contribution in [0.25, 0.3) is 15.3 Å². The molecule has 0 saturated heterocycles. The lowest BCUT2D eigenvalue weighted by Gasteiger charge is -2.24. The van der Waals surface area contributed by atoms with Gasteiger partial charge in [0.05, 0.1) is 23.0 Å². The highest BCUT2D eigenvalue weighted by atomic mass is 32.1. The number of methoxy groups -OCH3 is 1. The first-order valence-corrected chi connectivity index (χ1v) is 10.7. The second-order valence-electron chi connectivity index (χ2n) is 7.51. The SMILES string of the molecule is COc1ccc2nc(-n3nc(C)c4c3NC(=O)CC4c3ccc4c(c3)OCO4)sc2c1. The zero-order valence-corrected chi connectivity index (χ0v) is 17.7. The molecule has 31 heavy (non-hydrogen) atoms. The van der Waals surface area contributed by atoms with E-state index < -0.39 is 0 Å². The average molecular weight is 434 g/mol. The van der Waals surface area contributed by atoms with Gasteiger partial charge in [-0.15, -0.1) is 0 Å². The van der Waals surface area contributed by atoms with Crippen molar-refractivity contribution < 1.29 is 19.0 Å². The average Bonchev–Trinajstić information content (AvgIpc) is 3.48. The Morgan fingerprint density at radius 1 is 1.19 bits per heavy atom. The van der Waals surface area contributed by atoms with Crippen LogP contribution in [0.4, 0.5) is 5.82 Å². The largest absolute Gasteiger partial charge is 0.497 e. The van der Waals surface area contributed by atoms with Crippen molar-refractivity contribution in [3.05, 3.63) is 53.2 Å². The monoisotopic (exact) mass is 434 g/mol. The van der Waals surface area contributed by atoms with Gasteiger partial charge in [-0.3, -0.25) is 4.79 Å². The van der Waals surface area contributed by atoms with E-state index in [1.54, 1.807) is 11.8 Å². The summed E-state index contributed by atoms with van der Waals surface area (Å²) >= 11 is 1.50. The smallest absolute Gasteiger partial charge is 0.231 e. The van der Waals surface area contributed by atoms with E-state index in [-0.39, 0.29) is 18.6 Å². The van der Waals surface area contributed by atoms with Crippen LogP contribution in [-0.2, 0) is 4.79 Å². The van der Waals surface area contributed by atoms with E-state index in [9.17, 15) is 4.79 Å². The molecule has 1 N–H and O–H groups in total. The molecule has 2 aromatic heterocycles. The van der Waals surface area contributed by atoms with E-state index in [1.807, 2.05) is 43.3 Å². The van der Waals surface area contributed by atoms with Gasteiger partial charge >= 0.3 is 0 Å². The van der Waals surface area contributed by atoms with E-state index in [4.69, 9.17) is 24.3 Å². The Balaban J connectivity index is 1.47. The summed E-state index contributed by atoms with van der Waals surface area (Å²) in [4.78, 5) is 17.4. The second kappa shape index (κ2) is 6.71. The standard InChI is InChI=1S/C22H18N4O4S/c1-11-20-14(12-3-6-16-17(7-12)30-10-29-16)9-19(27)24-21(20)26(25-11)22-23-15-5-4-13(28-2)8-18(15)31-22/h3-8,14H,9-10H2,1-2H3,(H,24,27). The number of amides is 1. The maximum atomic E-state index is 12.7. The van der Waals surface area contributed by atoms with Gasteiger partial charge in [-0.2, -0.15) is 9.78 Å². The maximum Gasteiger partial charge on any atom is 0.231 e. The number of benzene rings is 2. The molecule has 2 aromatic carbocycles. The lowest BCUT2D eigenvalue weighted by Crippen LogP contribution is -2.24. The summed E-state index contributed by atoms with van der Waals surface area (Å²) in [5, 5.41) is 8.45. The van der Waals surface area contributed by atoms with E-state index in [1.165, 1.54) is 11.3 Å². The van der Waals surface area contributed by atoms with E-state index >= 15 is 0 Å². The molecule has 0 spiro atoms. The van der Waals surface area contributed by atoms with Gasteiger partial charge in [0.1, 0.15) is 11.6 Å². The molecule has 8 nitrogen and oxygen atoms in total. The third-order valence-corrected chi connectivity index (χ3v) is 6.66. The number of rotatable bonds is 3. The third-order valence-electron chi connectivity index (χ3n) is 5.67. The van der Waals surface area contributed by atoms with Crippen LogP contribution in [0.2, 0.25) is 0 Å².